The second kappa shape index (κ2) is 11.2. The molecule has 7 nitrogen and oxygen atoms in total. The molecule has 1 aromatic heterocycles. The molecule has 1 atom stereocenters. The number of nitrogens with zero attached hydrogens (tertiary/aromatic N) is 3. The summed E-state index contributed by atoms with van der Waals surface area (Å²) in [6.45, 7) is 4.27. The summed E-state index contributed by atoms with van der Waals surface area (Å²) in [5, 5.41) is 12.4. The van der Waals surface area contributed by atoms with Gasteiger partial charge < -0.3 is 14.8 Å². The van der Waals surface area contributed by atoms with Crippen LogP contribution in [0.4, 0.5) is 0 Å². The lowest BCUT2D eigenvalue weighted by Gasteiger charge is -2.13. The van der Waals surface area contributed by atoms with E-state index in [4.69, 9.17) is 9.47 Å². The number of rotatable bonds is 10. The Bertz CT molecular complexity index is 1020. The molecule has 0 aliphatic carbocycles. The maximum absolute atomic E-state index is 12.3. The van der Waals surface area contributed by atoms with Crippen LogP contribution in [0.1, 0.15) is 29.8 Å². The van der Waals surface area contributed by atoms with Gasteiger partial charge in [-0.05, 0) is 37.0 Å². The van der Waals surface area contributed by atoms with Gasteiger partial charge in [-0.25, -0.2) is 0 Å². The van der Waals surface area contributed by atoms with Crippen molar-refractivity contribution in [2.45, 2.75) is 44.2 Å². The number of aryl methyl sites for hydroxylation is 1. The number of benzene rings is 2. The Morgan fingerprint density at radius 2 is 2.00 bits per heavy atom. The molecule has 0 bridgehead atoms. The van der Waals surface area contributed by atoms with Gasteiger partial charge in [-0.2, -0.15) is 0 Å². The quantitative estimate of drug-likeness (QED) is 0.474. The third-order valence-electron chi connectivity index (χ3n) is 5.31. The molecule has 1 fully saturated rings. The van der Waals surface area contributed by atoms with Crippen LogP contribution in [-0.4, -0.2) is 45.7 Å². The van der Waals surface area contributed by atoms with Crippen LogP contribution in [0.15, 0.2) is 59.8 Å². The van der Waals surface area contributed by atoms with Crippen LogP contribution in [-0.2, 0) is 22.7 Å². The molecule has 8 heteroatoms. The van der Waals surface area contributed by atoms with Gasteiger partial charge in [-0.1, -0.05) is 60.3 Å². The Hall–Kier alpha value is -2.84. The van der Waals surface area contributed by atoms with Crippen LogP contribution in [0.2, 0.25) is 0 Å². The van der Waals surface area contributed by atoms with Crippen molar-refractivity contribution in [3.8, 4) is 5.75 Å². The molecule has 1 aliphatic heterocycles. The SMILES string of the molecule is Cc1ccccc1OCc1nnc(SCC(=O)NCC2CCCO2)n1Cc1ccccc1. The first-order valence-corrected chi connectivity index (χ1v) is 11.8. The van der Waals surface area contributed by atoms with Crippen LogP contribution >= 0.6 is 11.8 Å². The lowest BCUT2D eigenvalue weighted by Crippen LogP contribution is -2.33. The van der Waals surface area contributed by atoms with E-state index < -0.39 is 0 Å². The van der Waals surface area contributed by atoms with Gasteiger partial charge in [0, 0.05) is 13.2 Å². The molecular formula is C24H28N4O3S. The number of carbonyl (C=O) groups excluding carboxylic acids is 1. The fraction of sp³-hybridized carbons (Fsp3) is 0.375. The normalized spacial score (nSPS) is 15.6. The summed E-state index contributed by atoms with van der Waals surface area (Å²) >= 11 is 1.38. The van der Waals surface area contributed by atoms with Gasteiger partial charge in [0.25, 0.3) is 0 Å². The maximum Gasteiger partial charge on any atom is 0.230 e. The van der Waals surface area contributed by atoms with Gasteiger partial charge in [0.15, 0.2) is 11.0 Å². The van der Waals surface area contributed by atoms with Crippen LogP contribution in [0, 0.1) is 6.92 Å². The molecule has 1 aliphatic rings. The van der Waals surface area contributed by atoms with E-state index in [-0.39, 0.29) is 17.8 Å². The highest BCUT2D eigenvalue weighted by Gasteiger charge is 2.18. The second-order valence-corrected chi connectivity index (χ2v) is 8.69. The Balaban J connectivity index is 1.42. The summed E-state index contributed by atoms with van der Waals surface area (Å²) in [7, 11) is 0. The van der Waals surface area contributed by atoms with E-state index >= 15 is 0 Å². The zero-order chi connectivity index (χ0) is 22.2. The Morgan fingerprint density at radius 1 is 1.19 bits per heavy atom. The minimum atomic E-state index is -0.0301. The van der Waals surface area contributed by atoms with Gasteiger partial charge in [0.1, 0.15) is 12.4 Å². The average Bonchev–Trinajstić information content (AvgIpc) is 3.47. The van der Waals surface area contributed by atoms with Crippen molar-refractivity contribution in [2.24, 2.45) is 0 Å². The summed E-state index contributed by atoms with van der Waals surface area (Å²) in [5.74, 6) is 1.79. The number of ether oxygens (including phenoxy) is 2. The van der Waals surface area contributed by atoms with E-state index in [2.05, 4.69) is 27.6 Å². The van der Waals surface area contributed by atoms with Crippen LogP contribution in [0.3, 0.4) is 0 Å². The zero-order valence-corrected chi connectivity index (χ0v) is 19.0. The number of nitrogens with one attached hydrogen (secondary N) is 1. The van der Waals surface area contributed by atoms with Crippen molar-refractivity contribution in [1.29, 1.82) is 0 Å². The zero-order valence-electron chi connectivity index (χ0n) is 18.2. The largest absolute Gasteiger partial charge is 0.485 e. The molecule has 2 heterocycles. The average molecular weight is 453 g/mol. The highest BCUT2D eigenvalue weighted by Crippen LogP contribution is 2.22. The van der Waals surface area contributed by atoms with E-state index in [1.165, 1.54) is 11.8 Å². The Kier molecular flexibility index (Phi) is 7.79. The third kappa shape index (κ3) is 6.11. The third-order valence-corrected chi connectivity index (χ3v) is 6.28. The van der Waals surface area contributed by atoms with Gasteiger partial charge in [-0.3, -0.25) is 9.36 Å². The number of thioether (sulfide) groups is 1. The van der Waals surface area contributed by atoms with E-state index in [9.17, 15) is 4.79 Å². The van der Waals surface area contributed by atoms with Crippen LogP contribution < -0.4 is 10.1 Å². The summed E-state index contributed by atoms with van der Waals surface area (Å²) < 4.78 is 13.6. The summed E-state index contributed by atoms with van der Waals surface area (Å²) in [6, 6.07) is 18.0. The fourth-order valence-corrected chi connectivity index (χ4v) is 4.32. The molecule has 32 heavy (non-hydrogen) atoms. The molecule has 1 amide bonds. The molecule has 3 aromatic rings. The first-order valence-electron chi connectivity index (χ1n) is 10.8. The van der Waals surface area contributed by atoms with Gasteiger partial charge in [-0.15, -0.1) is 10.2 Å². The molecular weight excluding hydrogens is 424 g/mol. The first kappa shape index (κ1) is 22.4. The summed E-state index contributed by atoms with van der Waals surface area (Å²) in [4.78, 5) is 12.3. The van der Waals surface area contributed by atoms with Crippen molar-refractivity contribution in [1.82, 2.24) is 20.1 Å². The van der Waals surface area contributed by atoms with Crippen LogP contribution in [0.25, 0.3) is 0 Å². The maximum atomic E-state index is 12.3. The summed E-state index contributed by atoms with van der Waals surface area (Å²) in [6.07, 6.45) is 2.20. The predicted molar refractivity (Wildman–Crippen MR) is 124 cm³/mol. The fourth-order valence-electron chi connectivity index (χ4n) is 3.53. The topological polar surface area (TPSA) is 78.3 Å². The molecule has 1 N–H and O–H groups in total. The second-order valence-electron chi connectivity index (χ2n) is 7.75. The standard InChI is InChI=1S/C24H28N4O3S/c1-18-8-5-6-12-21(18)31-16-22-26-27-24(28(22)15-19-9-3-2-4-10-19)32-17-23(29)25-14-20-11-7-13-30-20/h2-6,8-10,12,20H,7,11,13-17H2,1H3,(H,25,29). The molecule has 1 unspecified atom stereocenters. The summed E-state index contributed by atoms with van der Waals surface area (Å²) in [5.41, 5.74) is 2.20. The Morgan fingerprint density at radius 3 is 2.78 bits per heavy atom. The number of aromatic nitrogens is 3. The van der Waals surface area contributed by atoms with Crippen molar-refractivity contribution in [2.75, 3.05) is 18.9 Å². The molecule has 2 aromatic carbocycles. The predicted octanol–water partition coefficient (Wildman–Crippen LogP) is 3.60. The number of hydrogen-bond donors (Lipinski definition) is 1. The Labute approximate surface area is 192 Å². The van der Waals surface area contributed by atoms with E-state index in [1.54, 1.807) is 0 Å². The molecule has 0 radical (unpaired) electrons. The molecule has 0 spiro atoms. The van der Waals surface area contributed by atoms with Crippen molar-refractivity contribution in [3.05, 3.63) is 71.5 Å². The highest BCUT2D eigenvalue weighted by molar-refractivity contribution is 7.99. The molecule has 168 valence electrons. The lowest BCUT2D eigenvalue weighted by molar-refractivity contribution is -0.119. The molecule has 1 saturated heterocycles. The van der Waals surface area contributed by atoms with E-state index in [0.717, 1.165) is 42.1 Å². The van der Waals surface area contributed by atoms with Crippen molar-refractivity contribution < 1.29 is 14.3 Å². The number of amides is 1. The number of hydrogen-bond acceptors (Lipinski definition) is 6. The molecule has 0 saturated carbocycles. The monoisotopic (exact) mass is 452 g/mol. The van der Waals surface area contributed by atoms with Crippen molar-refractivity contribution >= 4 is 17.7 Å². The van der Waals surface area contributed by atoms with Gasteiger partial charge in [0.2, 0.25) is 5.91 Å². The minimum absolute atomic E-state index is 0.0301. The highest BCUT2D eigenvalue weighted by atomic mass is 32.2. The van der Waals surface area contributed by atoms with E-state index in [1.807, 2.05) is 54.0 Å². The minimum Gasteiger partial charge on any atom is -0.485 e. The molecule has 4 rings (SSSR count). The smallest absolute Gasteiger partial charge is 0.230 e. The van der Waals surface area contributed by atoms with Crippen molar-refractivity contribution in [3.63, 3.8) is 0 Å². The number of carbonyl (C=O) groups is 1. The van der Waals surface area contributed by atoms with E-state index in [0.29, 0.717) is 24.9 Å². The van der Waals surface area contributed by atoms with Crippen LogP contribution in [0.5, 0.6) is 5.75 Å². The van der Waals surface area contributed by atoms with Gasteiger partial charge in [0.05, 0.1) is 18.4 Å². The lowest BCUT2D eigenvalue weighted by atomic mass is 10.2. The van der Waals surface area contributed by atoms with Gasteiger partial charge >= 0.3 is 0 Å². The number of para-hydroxylation sites is 1. The first-order chi connectivity index (χ1) is 15.7.